The molecule has 2 amide bonds. The van der Waals surface area contributed by atoms with Gasteiger partial charge in [-0.15, -0.1) is 11.3 Å². The Bertz CT molecular complexity index is 1240. The smallest absolute Gasteiger partial charge is 0.254 e. The van der Waals surface area contributed by atoms with Crippen molar-refractivity contribution in [1.29, 1.82) is 0 Å². The Kier molecular flexibility index (Phi) is 8.38. The molecular formula is C29H35N3O4S. The molecule has 0 saturated heterocycles. The second kappa shape index (κ2) is 11.7. The van der Waals surface area contributed by atoms with Crippen molar-refractivity contribution in [2.24, 2.45) is 0 Å². The molecule has 8 heteroatoms. The first-order valence-corrected chi connectivity index (χ1v) is 13.4. The van der Waals surface area contributed by atoms with Gasteiger partial charge in [-0.25, -0.2) is 0 Å². The molecule has 2 atom stereocenters. The van der Waals surface area contributed by atoms with Gasteiger partial charge in [-0.2, -0.15) is 0 Å². The van der Waals surface area contributed by atoms with Crippen molar-refractivity contribution in [2.75, 3.05) is 45.8 Å². The number of likely N-dealkylation sites (N-methyl/N-ethyl adjacent to an activating group) is 1. The zero-order chi connectivity index (χ0) is 26.5. The monoisotopic (exact) mass is 521 g/mol. The quantitative estimate of drug-likeness (QED) is 0.380. The summed E-state index contributed by atoms with van der Waals surface area (Å²) in [5, 5.41) is 5.13. The van der Waals surface area contributed by atoms with Crippen LogP contribution in [0.3, 0.4) is 0 Å². The Morgan fingerprint density at radius 1 is 1.11 bits per heavy atom. The molecule has 2 heterocycles. The van der Waals surface area contributed by atoms with E-state index in [4.69, 9.17) is 9.47 Å². The standard InChI is InChI=1S/C29H35N3O4S/c1-6-32(20-11-7-10-19(2)16-20)14-9-13-30-28(33)26-21-17-23(35-4)24(36-5)18-22(21)29(34)31(3)27(26)25-12-8-15-37-25/h7-8,10-12,15-18,26-27H,6,9,13-14H2,1-5H3,(H,30,33)/t26-,27+/m1/s1. The Morgan fingerprint density at radius 3 is 2.51 bits per heavy atom. The predicted molar refractivity (Wildman–Crippen MR) is 148 cm³/mol. The predicted octanol–water partition coefficient (Wildman–Crippen LogP) is 5.02. The molecule has 3 aromatic rings. The minimum atomic E-state index is -0.574. The van der Waals surface area contributed by atoms with Crippen LogP contribution in [0.5, 0.6) is 11.5 Å². The van der Waals surface area contributed by atoms with E-state index in [1.165, 1.54) is 18.4 Å². The lowest BCUT2D eigenvalue weighted by atomic mass is 9.81. The maximum absolute atomic E-state index is 13.8. The summed E-state index contributed by atoms with van der Waals surface area (Å²) < 4.78 is 11.0. The number of carbonyl (C=O) groups excluding carboxylic acids is 2. The minimum Gasteiger partial charge on any atom is -0.493 e. The highest BCUT2D eigenvalue weighted by atomic mass is 32.1. The number of ether oxygens (including phenoxy) is 2. The number of thiophene rings is 1. The summed E-state index contributed by atoms with van der Waals surface area (Å²) in [6.45, 7) is 6.49. The van der Waals surface area contributed by atoms with Crippen molar-refractivity contribution in [3.8, 4) is 11.5 Å². The number of aryl methyl sites for hydroxylation is 1. The molecule has 37 heavy (non-hydrogen) atoms. The van der Waals surface area contributed by atoms with Gasteiger partial charge in [-0.1, -0.05) is 18.2 Å². The molecule has 0 aliphatic carbocycles. The number of hydrogen-bond acceptors (Lipinski definition) is 6. The van der Waals surface area contributed by atoms with E-state index in [0.29, 0.717) is 29.2 Å². The van der Waals surface area contributed by atoms with Gasteiger partial charge in [0.05, 0.1) is 26.2 Å². The number of nitrogens with one attached hydrogen (secondary N) is 1. The molecule has 4 rings (SSSR count). The van der Waals surface area contributed by atoms with E-state index in [1.807, 2.05) is 17.5 Å². The Balaban J connectivity index is 1.57. The van der Waals surface area contributed by atoms with Crippen LogP contribution >= 0.6 is 11.3 Å². The lowest BCUT2D eigenvalue weighted by Gasteiger charge is -2.39. The molecule has 0 saturated carbocycles. The van der Waals surface area contributed by atoms with Crippen LogP contribution in [0.15, 0.2) is 53.9 Å². The fourth-order valence-electron chi connectivity index (χ4n) is 5.03. The van der Waals surface area contributed by atoms with E-state index in [9.17, 15) is 9.59 Å². The zero-order valence-corrected chi connectivity index (χ0v) is 22.9. The third-order valence-corrected chi connectivity index (χ3v) is 7.89. The van der Waals surface area contributed by atoms with Crippen molar-refractivity contribution in [1.82, 2.24) is 10.2 Å². The third kappa shape index (κ3) is 5.44. The molecule has 0 spiro atoms. The second-order valence-corrected chi connectivity index (χ2v) is 10.2. The van der Waals surface area contributed by atoms with Gasteiger partial charge >= 0.3 is 0 Å². The summed E-state index contributed by atoms with van der Waals surface area (Å²) in [4.78, 5) is 32.1. The van der Waals surface area contributed by atoms with Crippen molar-refractivity contribution >= 4 is 28.8 Å². The van der Waals surface area contributed by atoms with E-state index in [1.54, 1.807) is 42.5 Å². The average molecular weight is 522 g/mol. The lowest BCUT2D eigenvalue weighted by molar-refractivity contribution is -0.124. The summed E-state index contributed by atoms with van der Waals surface area (Å²) in [6, 6.07) is 15.4. The first kappa shape index (κ1) is 26.5. The highest BCUT2D eigenvalue weighted by Crippen LogP contribution is 2.46. The van der Waals surface area contributed by atoms with Crippen molar-refractivity contribution in [2.45, 2.75) is 32.2 Å². The van der Waals surface area contributed by atoms with E-state index in [2.05, 4.69) is 48.3 Å². The summed E-state index contributed by atoms with van der Waals surface area (Å²) in [6.07, 6.45) is 0.803. The molecule has 0 radical (unpaired) electrons. The normalized spacial score (nSPS) is 16.8. The topological polar surface area (TPSA) is 71.1 Å². The van der Waals surface area contributed by atoms with Crippen LogP contribution < -0.4 is 19.7 Å². The number of hydrogen-bond donors (Lipinski definition) is 1. The molecule has 2 aromatic carbocycles. The lowest BCUT2D eigenvalue weighted by Crippen LogP contribution is -2.45. The number of nitrogens with zero attached hydrogens (tertiary/aromatic N) is 2. The van der Waals surface area contributed by atoms with Crippen LogP contribution in [0.1, 0.15) is 51.7 Å². The van der Waals surface area contributed by atoms with Gasteiger partial charge in [-0.3, -0.25) is 9.59 Å². The van der Waals surface area contributed by atoms with E-state index < -0.39 is 12.0 Å². The molecule has 7 nitrogen and oxygen atoms in total. The Labute approximate surface area is 223 Å². The molecule has 196 valence electrons. The fourth-order valence-corrected chi connectivity index (χ4v) is 5.94. The van der Waals surface area contributed by atoms with Crippen molar-refractivity contribution < 1.29 is 19.1 Å². The number of rotatable bonds is 10. The van der Waals surface area contributed by atoms with Crippen molar-refractivity contribution in [3.05, 3.63) is 75.5 Å². The molecule has 1 aliphatic heterocycles. The van der Waals surface area contributed by atoms with Crippen LogP contribution in [0.2, 0.25) is 0 Å². The molecule has 0 unspecified atom stereocenters. The van der Waals surface area contributed by atoms with Crippen LogP contribution in [-0.2, 0) is 4.79 Å². The molecule has 0 fully saturated rings. The van der Waals surface area contributed by atoms with E-state index in [-0.39, 0.29) is 11.8 Å². The van der Waals surface area contributed by atoms with E-state index in [0.717, 1.165) is 24.4 Å². The summed E-state index contributed by atoms with van der Waals surface area (Å²) in [5.74, 6) is 0.140. The summed E-state index contributed by atoms with van der Waals surface area (Å²) in [5.41, 5.74) is 3.54. The number of carbonyl (C=O) groups is 2. The summed E-state index contributed by atoms with van der Waals surface area (Å²) in [7, 11) is 4.85. The van der Waals surface area contributed by atoms with Crippen LogP contribution in [0.25, 0.3) is 0 Å². The van der Waals surface area contributed by atoms with E-state index >= 15 is 0 Å². The maximum atomic E-state index is 13.8. The number of methoxy groups -OCH3 is 2. The van der Waals surface area contributed by atoms with Gasteiger partial charge in [0, 0.05) is 42.8 Å². The summed E-state index contributed by atoms with van der Waals surface area (Å²) >= 11 is 1.55. The fraction of sp³-hybridized carbons (Fsp3) is 0.379. The van der Waals surface area contributed by atoms with Crippen LogP contribution in [0, 0.1) is 6.92 Å². The number of fused-ring (bicyclic) bond motifs is 1. The number of benzene rings is 2. The second-order valence-electron chi connectivity index (χ2n) is 9.21. The van der Waals surface area contributed by atoms with Gasteiger partial charge in [0.1, 0.15) is 0 Å². The minimum absolute atomic E-state index is 0.107. The van der Waals surface area contributed by atoms with Gasteiger partial charge in [-0.05, 0) is 67.1 Å². The van der Waals surface area contributed by atoms with Crippen molar-refractivity contribution in [3.63, 3.8) is 0 Å². The number of anilines is 1. The largest absolute Gasteiger partial charge is 0.493 e. The first-order valence-electron chi connectivity index (χ1n) is 12.5. The van der Waals surface area contributed by atoms with Gasteiger partial charge in [0.2, 0.25) is 5.91 Å². The Hall–Kier alpha value is -3.52. The Morgan fingerprint density at radius 2 is 1.86 bits per heavy atom. The first-order chi connectivity index (χ1) is 17.9. The number of amides is 2. The molecule has 1 aliphatic rings. The molecular weight excluding hydrogens is 486 g/mol. The molecule has 0 bridgehead atoms. The third-order valence-electron chi connectivity index (χ3n) is 6.94. The van der Waals surface area contributed by atoms with Gasteiger partial charge in [0.15, 0.2) is 11.5 Å². The van der Waals surface area contributed by atoms with Crippen LogP contribution in [0.4, 0.5) is 5.69 Å². The average Bonchev–Trinajstić information content (AvgIpc) is 3.44. The molecule has 1 N–H and O–H groups in total. The van der Waals surface area contributed by atoms with Gasteiger partial charge in [0.25, 0.3) is 5.91 Å². The highest BCUT2D eigenvalue weighted by Gasteiger charge is 2.44. The maximum Gasteiger partial charge on any atom is 0.254 e. The SMILES string of the molecule is CCN(CCCNC(=O)[C@@H]1c2cc(OC)c(OC)cc2C(=O)N(C)[C@H]1c1cccs1)c1cccc(C)c1. The molecule has 1 aromatic heterocycles. The van der Waals surface area contributed by atoms with Crippen LogP contribution in [-0.4, -0.2) is 57.6 Å². The highest BCUT2D eigenvalue weighted by molar-refractivity contribution is 7.10. The zero-order valence-electron chi connectivity index (χ0n) is 22.1. The van der Waals surface area contributed by atoms with Gasteiger partial charge < -0.3 is 24.6 Å².